The SMILES string of the molecule is CC/C=C\C/C=C\C/C=C\C/C=C\C/C=C\CC(=O)OCC(COP(=O)(O)OCC(O)COP(=O)(O)OCC(COC(=O)C/C=C\C/C=C\C/C=C\C/C=C\C/C=C\CC)OC(=O)CCCCCCCCCCCCC)OC(=O)C/C=C\C/C=C\C/C=C\C/C=C\C/C=C\CC. The van der Waals surface area contributed by atoms with E-state index in [0.29, 0.717) is 25.7 Å². The molecule has 0 spiro atoms. The molecule has 5 atom stereocenters. The van der Waals surface area contributed by atoms with Gasteiger partial charge in [0.25, 0.3) is 0 Å². The highest BCUT2D eigenvalue weighted by atomic mass is 31.2. The number of carbonyl (C=O) groups is 4. The molecular weight excluding hydrogens is 1260 g/mol. The molecule has 0 amide bonds. The minimum Gasteiger partial charge on any atom is -0.461 e. The molecule has 0 rings (SSSR count). The summed E-state index contributed by atoms with van der Waals surface area (Å²) in [4.78, 5) is 72.4. The number of carbonyl (C=O) groups excluding carboxylic acids is 4. The number of aliphatic hydroxyl groups is 1. The highest BCUT2D eigenvalue weighted by Gasteiger charge is 2.30. The van der Waals surface area contributed by atoms with E-state index in [4.69, 9.17) is 37.0 Å². The minimum atomic E-state index is -5.03. The van der Waals surface area contributed by atoms with Gasteiger partial charge < -0.3 is 33.8 Å². The van der Waals surface area contributed by atoms with Gasteiger partial charge in [-0.1, -0.05) is 274 Å². The van der Waals surface area contributed by atoms with Gasteiger partial charge in [0.05, 0.1) is 45.7 Å². The molecule has 19 heteroatoms. The molecule has 0 aromatic heterocycles. The van der Waals surface area contributed by atoms with Crippen LogP contribution in [0.15, 0.2) is 182 Å². The molecule has 540 valence electrons. The molecule has 0 aliphatic heterocycles. The predicted molar refractivity (Wildman–Crippen MR) is 389 cm³/mol. The van der Waals surface area contributed by atoms with Crippen LogP contribution >= 0.6 is 15.6 Å². The lowest BCUT2D eigenvalue weighted by Gasteiger charge is -2.21. The van der Waals surface area contributed by atoms with Gasteiger partial charge in [-0.05, 0) is 103 Å². The normalized spacial score (nSPS) is 15.1. The van der Waals surface area contributed by atoms with Crippen LogP contribution in [-0.4, -0.2) is 96.7 Å². The number of esters is 4. The van der Waals surface area contributed by atoms with Crippen molar-refractivity contribution >= 4 is 39.5 Å². The third-order valence-electron chi connectivity index (χ3n) is 13.5. The zero-order valence-corrected chi connectivity index (χ0v) is 60.2. The molecule has 0 aromatic rings. The van der Waals surface area contributed by atoms with E-state index in [0.717, 1.165) is 103 Å². The quantitative estimate of drug-likeness (QED) is 0.0169. The van der Waals surface area contributed by atoms with Crippen LogP contribution in [0.2, 0.25) is 0 Å². The van der Waals surface area contributed by atoms with Gasteiger partial charge in [-0.3, -0.25) is 37.3 Å². The van der Waals surface area contributed by atoms with Crippen LogP contribution in [-0.2, 0) is 65.4 Å². The first-order valence-corrected chi connectivity index (χ1v) is 38.0. The Morgan fingerprint density at radius 2 is 0.542 bits per heavy atom. The first kappa shape index (κ1) is 90.2. The molecule has 0 heterocycles. The van der Waals surface area contributed by atoms with Gasteiger partial charge in [0.1, 0.15) is 19.3 Å². The summed E-state index contributed by atoms with van der Waals surface area (Å²) in [5.41, 5.74) is 0. The lowest BCUT2D eigenvalue weighted by Crippen LogP contribution is -2.30. The van der Waals surface area contributed by atoms with Crippen LogP contribution in [0.1, 0.15) is 220 Å². The third kappa shape index (κ3) is 66.8. The highest BCUT2D eigenvalue weighted by molar-refractivity contribution is 7.47. The Morgan fingerprint density at radius 1 is 0.302 bits per heavy atom. The van der Waals surface area contributed by atoms with Crippen LogP contribution in [0.5, 0.6) is 0 Å². The second-order valence-electron chi connectivity index (χ2n) is 22.4. The van der Waals surface area contributed by atoms with Gasteiger partial charge >= 0.3 is 39.5 Å². The fourth-order valence-electron chi connectivity index (χ4n) is 8.26. The van der Waals surface area contributed by atoms with Crippen molar-refractivity contribution in [3.05, 3.63) is 182 Å². The van der Waals surface area contributed by atoms with E-state index >= 15 is 0 Å². The number of allylic oxidation sites excluding steroid dienone is 27. The second kappa shape index (κ2) is 67.7. The molecule has 0 radical (unpaired) electrons. The molecule has 3 N–H and O–H groups in total. The smallest absolute Gasteiger partial charge is 0.461 e. The van der Waals surface area contributed by atoms with Crippen LogP contribution in [0.25, 0.3) is 0 Å². The average Bonchev–Trinajstić information content (AvgIpc) is 1.09. The van der Waals surface area contributed by atoms with E-state index in [9.17, 15) is 43.2 Å². The monoisotopic (exact) mass is 1380 g/mol. The Hall–Kier alpha value is -5.84. The van der Waals surface area contributed by atoms with Crippen molar-refractivity contribution in [2.45, 2.75) is 239 Å². The number of hydrogen-bond acceptors (Lipinski definition) is 15. The summed E-state index contributed by atoms with van der Waals surface area (Å²) in [5.74, 6) is -2.65. The Morgan fingerprint density at radius 3 is 0.833 bits per heavy atom. The lowest BCUT2D eigenvalue weighted by molar-refractivity contribution is -0.160. The maximum absolute atomic E-state index is 13.0. The Kier molecular flexibility index (Phi) is 63.6. The molecular formula is C77H120O17P2. The van der Waals surface area contributed by atoms with Crippen LogP contribution in [0.3, 0.4) is 0 Å². The van der Waals surface area contributed by atoms with E-state index in [-0.39, 0.29) is 25.7 Å². The lowest BCUT2D eigenvalue weighted by atomic mass is 10.1. The van der Waals surface area contributed by atoms with E-state index in [2.05, 4.69) is 137 Å². The summed E-state index contributed by atoms with van der Waals surface area (Å²) >= 11 is 0. The summed E-state index contributed by atoms with van der Waals surface area (Å²) in [5, 5.41) is 10.6. The van der Waals surface area contributed by atoms with Crippen LogP contribution in [0, 0.1) is 0 Å². The van der Waals surface area contributed by atoms with Crippen molar-refractivity contribution in [3.8, 4) is 0 Å². The summed E-state index contributed by atoms with van der Waals surface area (Å²) in [6.45, 7) is 4.10. The van der Waals surface area contributed by atoms with E-state index in [1.807, 2.05) is 42.5 Å². The average molecular weight is 1380 g/mol. The summed E-state index contributed by atoms with van der Waals surface area (Å²) < 4.78 is 67.8. The Labute approximate surface area is 577 Å². The Balaban J connectivity index is 5.56. The molecule has 5 unspecified atom stereocenters. The molecule has 0 aliphatic rings. The van der Waals surface area contributed by atoms with Gasteiger partial charge in [0, 0.05) is 6.42 Å². The van der Waals surface area contributed by atoms with E-state index in [1.54, 1.807) is 30.4 Å². The van der Waals surface area contributed by atoms with Crippen molar-refractivity contribution in [2.24, 2.45) is 0 Å². The molecule has 0 bridgehead atoms. The van der Waals surface area contributed by atoms with E-state index in [1.165, 1.54) is 38.5 Å². The Bertz CT molecular complexity index is 2540. The number of aliphatic hydroxyl groups excluding tert-OH is 1. The number of phosphoric acid groups is 2. The number of hydrogen-bond donors (Lipinski definition) is 3. The number of ether oxygens (including phenoxy) is 4. The fourth-order valence-corrected chi connectivity index (χ4v) is 9.84. The fraction of sp³-hybridized carbons (Fsp3) is 0.558. The summed E-state index contributed by atoms with van der Waals surface area (Å²) in [7, 11) is -10.0. The first-order valence-electron chi connectivity index (χ1n) is 35.0. The van der Waals surface area contributed by atoms with Crippen LogP contribution in [0.4, 0.5) is 0 Å². The predicted octanol–water partition coefficient (Wildman–Crippen LogP) is 19.7. The van der Waals surface area contributed by atoms with Crippen molar-refractivity contribution in [1.29, 1.82) is 0 Å². The second-order valence-corrected chi connectivity index (χ2v) is 25.3. The molecule has 0 aromatic carbocycles. The van der Waals surface area contributed by atoms with Gasteiger partial charge in [0.2, 0.25) is 0 Å². The first-order chi connectivity index (χ1) is 46.7. The topological polar surface area (TPSA) is 237 Å². The molecule has 0 saturated carbocycles. The zero-order chi connectivity index (χ0) is 70.4. The molecule has 17 nitrogen and oxygen atoms in total. The molecule has 0 fully saturated rings. The van der Waals surface area contributed by atoms with E-state index < -0.39 is 97.5 Å². The van der Waals surface area contributed by atoms with Gasteiger partial charge in [-0.25, -0.2) is 9.13 Å². The van der Waals surface area contributed by atoms with Gasteiger partial charge in [-0.2, -0.15) is 0 Å². The molecule has 0 saturated heterocycles. The van der Waals surface area contributed by atoms with Crippen molar-refractivity contribution in [1.82, 2.24) is 0 Å². The zero-order valence-electron chi connectivity index (χ0n) is 58.5. The van der Waals surface area contributed by atoms with Gasteiger partial charge in [0.15, 0.2) is 12.2 Å². The summed E-state index contributed by atoms with van der Waals surface area (Å²) in [6.07, 6.45) is 80.1. The number of rotatable bonds is 63. The maximum Gasteiger partial charge on any atom is 0.472 e. The number of unbranched alkanes of at least 4 members (excludes halogenated alkanes) is 10. The molecule has 0 aliphatic carbocycles. The van der Waals surface area contributed by atoms with Crippen molar-refractivity contribution < 1.29 is 80.2 Å². The minimum absolute atomic E-state index is 0.0664. The van der Waals surface area contributed by atoms with Crippen molar-refractivity contribution in [3.63, 3.8) is 0 Å². The van der Waals surface area contributed by atoms with Crippen molar-refractivity contribution in [2.75, 3.05) is 39.6 Å². The van der Waals surface area contributed by atoms with Crippen LogP contribution < -0.4 is 0 Å². The third-order valence-corrected chi connectivity index (χ3v) is 15.4. The molecule has 96 heavy (non-hydrogen) atoms. The largest absolute Gasteiger partial charge is 0.472 e. The standard InChI is InChI=1S/C77H120O17P2/c1-5-9-13-17-21-25-29-32-35-38-42-45-49-53-57-61-74(79)87-67-72(93-76(81)63-59-55-51-47-41-28-24-20-16-12-8-4)69-91-95(83,84)89-65-71(78)66-90-96(85,86)92-70-73(94-77(82)64-60-56-52-48-44-40-37-34-31-27-23-19-15-11-7-3)68-88-75(80)62-58-54-50-46-43-39-36-33-30-26-22-18-14-10-6-2/h9-11,13-15,21-23,25-27,32-37,42-46,48,53-54,56-58,60,71-73,78H,5-8,12,16-20,24,28-31,38-41,47,49-52,55,59,61-70H2,1-4H3,(H,83,84)(H,85,86)/b13-9-,14-10-,15-11-,25-21-,26-22-,27-23-,35-32-,36-33-,37-34-,45-42-,46-43-,48-44-,57-53-,58-54-,60-56-. The highest BCUT2D eigenvalue weighted by Crippen LogP contribution is 2.45. The maximum atomic E-state index is 13.0. The summed E-state index contributed by atoms with van der Waals surface area (Å²) in [6, 6.07) is 0. The number of phosphoric ester groups is 2. The van der Waals surface area contributed by atoms with Gasteiger partial charge in [-0.15, -0.1) is 0 Å².